The summed E-state index contributed by atoms with van der Waals surface area (Å²) in [6.07, 6.45) is 0. The van der Waals surface area contributed by atoms with Gasteiger partial charge in [-0.25, -0.2) is 0 Å². The molecule has 0 spiro atoms. The van der Waals surface area contributed by atoms with E-state index in [9.17, 15) is 0 Å². The fourth-order valence-corrected chi connectivity index (χ4v) is 2.38. The molecule has 0 amide bonds. The maximum atomic E-state index is 6.04. The van der Waals surface area contributed by atoms with Crippen LogP contribution in [-0.2, 0) is 0 Å². The first-order chi connectivity index (χ1) is 9.65. The van der Waals surface area contributed by atoms with Crippen molar-refractivity contribution in [3.63, 3.8) is 0 Å². The third-order valence-electron chi connectivity index (χ3n) is 3.44. The van der Waals surface area contributed by atoms with Crippen LogP contribution < -0.4 is 5.73 Å². The van der Waals surface area contributed by atoms with E-state index >= 15 is 0 Å². The first kappa shape index (κ1) is 12.5. The lowest BCUT2D eigenvalue weighted by Crippen LogP contribution is -1.89. The number of aromatic nitrogens is 2. The Morgan fingerprint density at radius 1 is 0.900 bits per heavy atom. The standard InChI is InChI=1S/C17H17N3/c1-11-6-8-13(9-7-11)15-16(19-20-17(15)18)14-5-3-4-12(2)10-14/h3-10H,1-2H3,(H3,18,19,20). The van der Waals surface area contributed by atoms with Crippen molar-refractivity contribution in [3.05, 3.63) is 59.7 Å². The van der Waals surface area contributed by atoms with Gasteiger partial charge in [0, 0.05) is 5.56 Å². The first-order valence-electron chi connectivity index (χ1n) is 6.63. The molecule has 1 heterocycles. The number of hydrogen-bond acceptors (Lipinski definition) is 2. The highest BCUT2D eigenvalue weighted by molar-refractivity contribution is 5.87. The molecular weight excluding hydrogens is 246 g/mol. The van der Waals surface area contributed by atoms with Gasteiger partial charge in [0.25, 0.3) is 0 Å². The Kier molecular flexibility index (Phi) is 3.03. The van der Waals surface area contributed by atoms with Gasteiger partial charge in [0.05, 0.1) is 11.3 Å². The Labute approximate surface area is 118 Å². The lowest BCUT2D eigenvalue weighted by Gasteiger charge is -2.06. The van der Waals surface area contributed by atoms with Crippen LogP contribution in [0.4, 0.5) is 5.82 Å². The summed E-state index contributed by atoms with van der Waals surface area (Å²) >= 11 is 0. The molecule has 0 aliphatic rings. The quantitative estimate of drug-likeness (QED) is 0.735. The Morgan fingerprint density at radius 2 is 1.65 bits per heavy atom. The number of nitrogens with two attached hydrogens (primary N) is 1. The maximum Gasteiger partial charge on any atom is 0.153 e. The predicted octanol–water partition coefficient (Wildman–Crippen LogP) is 3.94. The summed E-state index contributed by atoms with van der Waals surface area (Å²) in [7, 11) is 0. The first-order valence-corrected chi connectivity index (χ1v) is 6.63. The van der Waals surface area contributed by atoms with Crippen LogP contribution in [-0.4, -0.2) is 10.2 Å². The van der Waals surface area contributed by atoms with Crippen molar-refractivity contribution >= 4 is 5.82 Å². The van der Waals surface area contributed by atoms with Crippen molar-refractivity contribution in [3.8, 4) is 22.4 Å². The minimum atomic E-state index is 0.533. The zero-order valence-electron chi connectivity index (χ0n) is 11.6. The summed E-state index contributed by atoms with van der Waals surface area (Å²) in [6, 6.07) is 16.6. The second-order valence-corrected chi connectivity index (χ2v) is 5.09. The lowest BCUT2D eigenvalue weighted by atomic mass is 9.99. The number of rotatable bonds is 2. The van der Waals surface area contributed by atoms with Crippen LogP contribution in [0.5, 0.6) is 0 Å². The fourth-order valence-electron chi connectivity index (χ4n) is 2.38. The SMILES string of the molecule is Cc1ccc(-c2c(N)n[nH]c2-c2cccc(C)c2)cc1. The van der Waals surface area contributed by atoms with Gasteiger partial charge in [0.2, 0.25) is 0 Å². The summed E-state index contributed by atoms with van der Waals surface area (Å²) in [6.45, 7) is 4.15. The summed E-state index contributed by atoms with van der Waals surface area (Å²) in [5.74, 6) is 0.533. The molecule has 2 aromatic carbocycles. The molecule has 3 heteroatoms. The van der Waals surface area contributed by atoms with Crippen LogP contribution in [0.1, 0.15) is 11.1 Å². The van der Waals surface area contributed by atoms with E-state index in [1.807, 2.05) is 6.07 Å². The minimum Gasteiger partial charge on any atom is -0.382 e. The van der Waals surface area contributed by atoms with Crippen LogP contribution in [0.15, 0.2) is 48.5 Å². The highest BCUT2D eigenvalue weighted by Crippen LogP contribution is 2.34. The van der Waals surface area contributed by atoms with E-state index in [-0.39, 0.29) is 0 Å². The maximum absolute atomic E-state index is 6.04. The highest BCUT2D eigenvalue weighted by Gasteiger charge is 2.14. The van der Waals surface area contributed by atoms with E-state index in [1.165, 1.54) is 11.1 Å². The molecule has 3 rings (SSSR count). The molecule has 0 unspecified atom stereocenters. The van der Waals surface area contributed by atoms with Gasteiger partial charge in [0.15, 0.2) is 5.82 Å². The van der Waals surface area contributed by atoms with Crippen molar-refractivity contribution < 1.29 is 0 Å². The van der Waals surface area contributed by atoms with Crippen molar-refractivity contribution in [1.82, 2.24) is 10.2 Å². The Balaban J connectivity index is 2.17. The molecule has 0 aliphatic heterocycles. The Hall–Kier alpha value is -2.55. The minimum absolute atomic E-state index is 0.533. The molecule has 0 bridgehead atoms. The van der Waals surface area contributed by atoms with Crippen molar-refractivity contribution in [2.24, 2.45) is 0 Å². The molecule has 0 atom stereocenters. The molecule has 1 aromatic heterocycles. The number of benzene rings is 2. The zero-order chi connectivity index (χ0) is 14.1. The lowest BCUT2D eigenvalue weighted by molar-refractivity contribution is 1.10. The van der Waals surface area contributed by atoms with Gasteiger partial charge in [-0.1, -0.05) is 53.6 Å². The summed E-state index contributed by atoms with van der Waals surface area (Å²) in [4.78, 5) is 0. The van der Waals surface area contributed by atoms with Gasteiger partial charge >= 0.3 is 0 Å². The molecule has 0 radical (unpaired) electrons. The van der Waals surface area contributed by atoms with E-state index < -0.39 is 0 Å². The van der Waals surface area contributed by atoms with E-state index in [4.69, 9.17) is 5.73 Å². The van der Waals surface area contributed by atoms with E-state index in [1.54, 1.807) is 0 Å². The van der Waals surface area contributed by atoms with E-state index in [0.29, 0.717) is 5.82 Å². The molecule has 3 nitrogen and oxygen atoms in total. The smallest absolute Gasteiger partial charge is 0.153 e. The van der Waals surface area contributed by atoms with Gasteiger partial charge in [-0.05, 0) is 25.5 Å². The number of anilines is 1. The number of aryl methyl sites for hydroxylation is 2. The topological polar surface area (TPSA) is 54.7 Å². The van der Waals surface area contributed by atoms with Gasteiger partial charge in [-0.15, -0.1) is 0 Å². The monoisotopic (exact) mass is 263 g/mol. The van der Waals surface area contributed by atoms with Crippen LogP contribution in [0.2, 0.25) is 0 Å². The van der Waals surface area contributed by atoms with Crippen LogP contribution in [0.3, 0.4) is 0 Å². The van der Waals surface area contributed by atoms with Crippen molar-refractivity contribution in [2.75, 3.05) is 5.73 Å². The summed E-state index contributed by atoms with van der Waals surface area (Å²) in [5.41, 5.74) is 12.6. The number of nitrogen functional groups attached to an aromatic ring is 1. The summed E-state index contributed by atoms with van der Waals surface area (Å²) < 4.78 is 0. The van der Waals surface area contributed by atoms with Gasteiger partial charge in [-0.3, -0.25) is 5.10 Å². The zero-order valence-corrected chi connectivity index (χ0v) is 11.6. The number of nitrogens with one attached hydrogen (secondary N) is 1. The number of aromatic amines is 1. The molecule has 3 aromatic rings. The predicted molar refractivity (Wildman–Crippen MR) is 83.3 cm³/mol. The highest BCUT2D eigenvalue weighted by atomic mass is 15.2. The number of nitrogens with zero attached hydrogens (tertiary/aromatic N) is 1. The number of H-pyrrole nitrogens is 1. The van der Waals surface area contributed by atoms with Gasteiger partial charge in [0.1, 0.15) is 0 Å². The van der Waals surface area contributed by atoms with Crippen LogP contribution >= 0.6 is 0 Å². The van der Waals surface area contributed by atoms with Crippen LogP contribution in [0, 0.1) is 13.8 Å². The van der Waals surface area contributed by atoms with E-state index in [0.717, 1.165) is 22.4 Å². The molecule has 0 saturated heterocycles. The average molecular weight is 263 g/mol. The second kappa shape index (κ2) is 4.85. The molecule has 3 N–H and O–H groups in total. The van der Waals surface area contributed by atoms with Crippen molar-refractivity contribution in [2.45, 2.75) is 13.8 Å². The normalized spacial score (nSPS) is 10.7. The molecule has 0 aliphatic carbocycles. The third-order valence-corrected chi connectivity index (χ3v) is 3.44. The fraction of sp³-hybridized carbons (Fsp3) is 0.118. The van der Waals surface area contributed by atoms with E-state index in [2.05, 4.69) is 66.5 Å². The third kappa shape index (κ3) is 2.18. The Bertz CT molecular complexity index is 739. The van der Waals surface area contributed by atoms with Crippen molar-refractivity contribution in [1.29, 1.82) is 0 Å². The molecule has 100 valence electrons. The largest absolute Gasteiger partial charge is 0.382 e. The Morgan fingerprint density at radius 3 is 2.35 bits per heavy atom. The van der Waals surface area contributed by atoms with Gasteiger partial charge in [-0.2, -0.15) is 5.10 Å². The van der Waals surface area contributed by atoms with Gasteiger partial charge < -0.3 is 5.73 Å². The summed E-state index contributed by atoms with van der Waals surface area (Å²) in [5, 5.41) is 7.23. The average Bonchev–Trinajstić information content (AvgIpc) is 2.82. The second-order valence-electron chi connectivity index (χ2n) is 5.09. The molecule has 0 saturated carbocycles. The molecule has 20 heavy (non-hydrogen) atoms. The number of hydrogen-bond donors (Lipinski definition) is 2. The van der Waals surface area contributed by atoms with Crippen LogP contribution in [0.25, 0.3) is 22.4 Å². The molecule has 0 fully saturated rings. The molecular formula is C17H17N3.